The maximum Gasteiger partial charge on any atom is 0.125 e. The Balaban J connectivity index is 2.04. The van der Waals surface area contributed by atoms with Gasteiger partial charge in [0, 0.05) is 10.0 Å². The van der Waals surface area contributed by atoms with Crippen LogP contribution >= 0.6 is 15.9 Å². The van der Waals surface area contributed by atoms with Crippen molar-refractivity contribution in [3.05, 3.63) is 28.2 Å². The van der Waals surface area contributed by atoms with Crippen molar-refractivity contribution in [2.45, 2.75) is 31.8 Å². The van der Waals surface area contributed by atoms with Crippen LogP contribution in [0, 0.1) is 5.92 Å². The minimum Gasteiger partial charge on any atom is -0.496 e. The Labute approximate surface area is 105 Å². The summed E-state index contributed by atoms with van der Waals surface area (Å²) in [5, 5.41) is 10.1. The predicted octanol–water partition coefficient (Wildman–Crippen LogP) is 3.68. The predicted molar refractivity (Wildman–Crippen MR) is 67.6 cm³/mol. The topological polar surface area (TPSA) is 29.5 Å². The van der Waals surface area contributed by atoms with E-state index in [0.717, 1.165) is 34.5 Å². The second kappa shape index (κ2) is 5.19. The van der Waals surface area contributed by atoms with Gasteiger partial charge in [-0.05, 0) is 30.9 Å². The highest BCUT2D eigenvalue weighted by atomic mass is 79.9. The van der Waals surface area contributed by atoms with E-state index in [1.54, 1.807) is 7.11 Å². The Hall–Kier alpha value is -0.540. The van der Waals surface area contributed by atoms with Crippen LogP contribution in [-0.2, 0) is 0 Å². The lowest BCUT2D eigenvalue weighted by Crippen LogP contribution is -2.01. The molecule has 0 amide bonds. The minimum atomic E-state index is -0.399. The Morgan fingerprint density at radius 1 is 1.50 bits per heavy atom. The van der Waals surface area contributed by atoms with E-state index >= 15 is 0 Å². The Bertz CT molecular complexity index is 361. The number of rotatable bonds is 5. The van der Waals surface area contributed by atoms with Crippen LogP contribution in [0.4, 0.5) is 0 Å². The van der Waals surface area contributed by atoms with Gasteiger partial charge in [0.2, 0.25) is 0 Å². The normalized spacial score (nSPS) is 17.2. The van der Waals surface area contributed by atoms with Gasteiger partial charge >= 0.3 is 0 Å². The van der Waals surface area contributed by atoms with Crippen LogP contribution in [0.2, 0.25) is 0 Å². The van der Waals surface area contributed by atoms with Gasteiger partial charge < -0.3 is 9.84 Å². The Kier molecular flexibility index (Phi) is 3.87. The summed E-state index contributed by atoms with van der Waals surface area (Å²) in [4.78, 5) is 0. The summed E-state index contributed by atoms with van der Waals surface area (Å²) in [6.07, 6.45) is 4.24. The molecule has 0 saturated heterocycles. The third-order valence-corrected chi connectivity index (χ3v) is 3.59. The van der Waals surface area contributed by atoms with Gasteiger partial charge in [0.05, 0.1) is 13.2 Å². The Morgan fingerprint density at radius 2 is 2.25 bits per heavy atom. The van der Waals surface area contributed by atoms with E-state index in [9.17, 15) is 5.11 Å². The first kappa shape index (κ1) is 11.9. The van der Waals surface area contributed by atoms with Crippen molar-refractivity contribution in [3.8, 4) is 5.75 Å². The standard InChI is InChI=1S/C13H17BrO2/c1-16-13-8-10(14)5-6-11(13)12(15)7-4-9-2-3-9/h5-6,8-9,12,15H,2-4,7H2,1H3. The van der Waals surface area contributed by atoms with E-state index in [4.69, 9.17) is 4.74 Å². The molecule has 0 aromatic heterocycles. The van der Waals surface area contributed by atoms with Crippen LogP contribution in [0.15, 0.2) is 22.7 Å². The number of hydrogen-bond donors (Lipinski definition) is 1. The fraction of sp³-hybridized carbons (Fsp3) is 0.538. The molecule has 88 valence electrons. The van der Waals surface area contributed by atoms with Crippen LogP contribution in [0.5, 0.6) is 5.75 Å². The molecular formula is C13H17BrO2. The van der Waals surface area contributed by atoms with Gasteiger partial charge in [0.1, 0.15) is 5.75 Å². The summed E-state index contributed by atoms with van der Waals surface area (Å²) in [6, 6.07) is 5.77. The summed E-state index contributed by atoms with van der Waals surface area (Å²) < 4.78 is 6.25. The zero-order valence-electron chi connectivity index (χ0n) is 9.45. The number of ether oxygens (including phenoxy) is 1. The highest BCUT2D eigenvalue weighted by molar-refractivity contribution is 9.10. The molecule has 1 N–H and O–H groups in total. The van der Waals surface area contributed by atoms with E-state index in [0.29, 0.717) is 0 Å². The monoisotopic (exact) mass is 284 g/mol. The van der Waals surface area contributed by atoms with Crippen LogP contribution in [0.3, 0.4) is 0 Å². The van der Waals surface area contributed by atoms with Gasteiger partial charge in [-0.25, -0.2) is 0 Å². The van der Waals surface area contributed by atoms with Gasteiger partial charge in [0.15, 0.2) is 0 Å². The molecule has 1 aromatic rings. The maximum absolute atomic E-state index is 10.1. The summed E-state index contributed by atoms with van der Waals surface area (Å²) in [5.41, 5.74) is 0.895. The fourth-order valence-electron chi connectivity index (χ4n) is 1.92. The van der Waals surface area contributed by atoms with Gasteiger partial charge in [0.25, 0.3) is 0 Å². The number of hydrogen-bond acceptors (Lipinski definition) is 2. The van der Waals surface area contributed by atoms with Crippen molar-refractivity contribution in [2.75, 3.05) is 7.11 Å². The second-order valence-electron chi connectivity index (χ2n) is 4.42. The third-order valence-electron chi connectivity index (χ3n) is 3.10. The van der Waals surface area contributed by atoms with Crippen LogP contribution in [0.1, 0.15) is 37.4 Å². The van der Waals surface area contributed by atoms with Crippen molar-refractivity contribution >= 4 is 15.9 Å². The molecule has 1 aliphatic rings. The molecule has 2 nitrogen and oxygen atoms in total. The second-order valence-corrected chi connectivity index (χ2v) is 5.34. The van der Waals surface area contributed by atoms with E-state index in [1.807, 2.05) is 18.2 Å². The van der Waals surface area contributed by atoms with Gasteiger partial charge in [-0.2, -0.15) is 0 Å². The summed E-state index contributed by atoms with van der Waals surface area (Å²) in [5.74, 6) is 1.62. The molecule has 1 aromatic carbocycles. The molecule has 1 unspecified atom stereocenters. The van der Waals surface area contributed by atoms with Gasteiger partial charge in [-0.15, -0.1) is 0 Å². The number of methoxy groups -OCH3 is 1. The van der Waals surface area contributed by atoms with Crippen molar-refractivity contribution in [2.24, 2.45) is 5.92 Å². The number of halogens is 1. The molecular weight excluding hydrogens is 268 g/mol. The number of benzene rings is 1. The largest absolute Gasteiger partial charge is 0.496 e. The summed E-state index contributed by atoms with van der Waals surface area (Å²) >= 11 is 3.40. The first-order valence-electron chi connectivity index (χ1n) is 5.72. The van der Waals surface area contributed by atoms with Crippen molar-refractivity contribution in [1.82, 2.24) is 0 Å². The highest BCUT2D eigenvalue weighted by Gasteiger charge is 2.23. The number of aliphatic hydroxyl groups excluding tert-OH is 1. The molecule has 0 radical (unpaired) electrons. The first-order valence-corrected chi connectivity index (χ1v) is 6.51. The molecule has 0 heterocycles. The molecule has 1 fully saturated rings. The third kappa shape index (κ3) is 2.98. The highest BCUT2D eigenvalue weighted by Crippen LogP contribution is 2.37. The molecule has 1 atom stereocenters. The molecule has 0 bridgehead atoms. The maximum atomic E-state index is 10.1. The molecule has 1 saturated carbocycles. The SMILES string of the molecule is COc1cc(Br)ccc1C(O)CCC1CC1. The first-order chi connectivity index (χ1) is 7.70. The lowest BCUT2D eigenvalue weighted by atomic mass is 10.0. The van der Waals surface area contributed by atoms with Gasteiger partial charge in [-0.3, -0.25) is 0 Å². The van der Waals surface area contributed by atoms with Gasteiger partial charge in [-0.1, -0.05) is 34.8 Å². The molecule has 1 aliphatic carbocycles. The molecule has 16 heavy (non-hydrogen) atoms. The molecule has 0 spiro atoms. The van der Waals surface area contributed by atoms with E-state index in [2.05, 4.69) is 15.9 Å². The van der Waals surface area contributed by atoms with E-state index in [-0.39, 0.29) is 0 Å². The summed E-state index contributed by atoms with van der Waals surface area (Å²) in [7, 11) is 1.64. The molecule has 0 aliphatic heterocycles. The van der Waals surface area contributed by atoms with Crippen molar-refractivity contribution in [3.63, 3.8) is 0 Å². The average Bonchev–Trinajstić information content (AvgIpc) is 3.09. The minimum absolute atomic E-state index is 0.399. The molecule has 3 heteroatoms. The zero-order valence-corrected chi connectivity index (χ0v) is 11.0. The lowest BCUT2D eigenvalue weighted by Gasteiger charge is -2.14. The zero-order chi connectivity index (χ0) is 11.5. The number of aliphatic hydroxyl groups is 1. The van der Waals surface area contributed by atoms with E-state index in [1.165, 1.54) is 12.8 Å². The van der Waals surface area contributed by atoms with Crippen LogP contribution in [0.25, 0.3) is 0 Å². The fourth-order valence-corrected chi connectivity index (χ4v) is 2.26. The summed E-state index contributed by atoms with van der Waals surface area (Å²) in [6.45, 7) is 0. The van der Waals surface area contributed by atoms with Crippen molar-refractivity contribution in [1.29, 1.82) is 0 Å². The smallest absolute Gasteiger partial charge is 0.125 e. The lowest BCUT2D eigenvalue weighted by molar-refractivity contribution is 0.158. The van der Waals surface area contributed by atoms with E-state index < -0.39 is 6.10 Å². The quantitative estimate of drug-likeness (QED) is 0.894. The molecule has 2 rings (SSSR count). The Morgan fingerprint density at radius 3 is 2.88 bits per heavy atom. The van der Waals surface area contributed by atoms with Crippen LogP contribution in [-0.4, -0.2) is 12.2 Å². The van der Waals surface area contributed by atoms with Crippen molar-refractivity contribution < 1.29 is 9.84 Å². The van der Waals surface area contributed by atoms with Crippen LogP contribution < -0.4 is 4.74 Å². The average molecular weight is 285 g/mol.